The van der Waals surface area contributed by atoms with Crippen LogP contribution in [0.2, 0.25) is 5.02 Å². The van der Waals surface area contributed by atoms with Gasteiger partial charge in [0.05, 0.1) is 4.90 Å². The molecular formula is C33H40ClN3O4S. The molecule has 0 aromatic heterocycles. The lowest BCUT2D eigenvalue weighted by atomic mass is 9.94. The van der Waals surface area contributed by atoms with Crippen LogP contribution in [0.25, 0.3) is 0 Å². The lowest BCUT2D eigenvalue weighted by Gasteiger charge is -2.33. The minimum absolute atomic E-state index is 0.101. The fraction of sp³-hybridized carbons (Fsp3) is 0.394. The summed E-state index contributed by atoms with van der Waals surface area (Å²) in [6, 6.07) is 24.6. The number of amides is 2. The number of hydrogen-bond donors (Lipinski definition) is 1. The second-order valence-electron chi connectivity index (χ2n) is 10.9. The molecule has 7 nitrogen and oxygen atoms in total. The van der Waals surface area contributed by atoms with Crippen molar-refractivity contribution >= 4 is 33.4 Å². The number of rotatable bonds is 13. The highest BCUT2D eigenvalue weighted by Gasteiger charge is 2.32. The first-order valence-corrected chi connectivity index (χ1v) is 16.5. The van der Waals surface area contributed by atoms with E-state index in [1.807, 2.05) is 42.5 Å². The summed E-state index contributed by atoms with van der Waals surface area (Å²) >= 11 is 6.12. The fourth-order valence-corrected chi connectivity index (χ4v) is 6.73. The molecule has 1 unspecified atom stereocenters. The Hall–Kier alpha value is -3.20. The maximum absolute atomic E-state index is 13.9. The third-order valence-electron chi connectivity index (χ3n) is 7.80. The van der Waals surface area contributed by atoms with Gasteiger partial charge in [-0.15, -0.1) is 0 Å². The Morgan fingerprint density at radius 2 is 1.50 bits per heavy atom. The highest BCUT2D eigenvalue weighted by Crippen LogP contribution is 2.21. The van der Waals surface area contributed by atoms with Crippen LogP contribution < -0.4 is 5.32 Å². The van der Waals surface area contributed by atoms with Gasteiger partial charge in [0, 0.05) is 44.0 Å². The number of halogens is 1. The van der Waals surface area contributed by atoms with E-state index in [9.17, 15) is 18.0 Å². The van der Waals surface area contributed by atoms with Crippen LogP contribution in [0.5, 0.6) is 0 Å². The zero-order chi connectivity index (χ0) is 30.0. The Morgan fingerprint density at radius 1 is 0.881 bits per heavy atom. The first-order chi connectivity index (χ1) is 20.2. The maximum atomic E-state index is 13.9. The molecule has 9 heteroatoms. The second kappa shape index (κ2) is 15.3. The summed E-state index contributed by atoms with van der Waals surface area (Å²) in [6.07, 6.45) is 6.03. The molecule has 1 fully saturated rings. The smallest absolute Gasteiger partial charge is 0.243 e. The van der Waals surface area contributed by atoms with Crippen LogP contribution in [0.15, 0.2) is 89.8 Å². The van der Waals surface area contributed by atoms with Crippen molar-refractivity contribution in [3.8, 4) is 0 Å². The van der Waals surface area contributed by atoms with Gasteiger partial charge >= 0.3 is 0 Å². The molecule has 1 aliphatic rings. The molecule has 1 saturated carbocycles. The van der Waals surface area contributed by atoms with E-state index in [4.69, 9.17) is 11.6 Å². The molecule has 0 spiro atoms. The molecule has 4 rings (SSSR count). The number of sulfonamides is 1. The largest absolute Gasteiger partial charge is 0.352 e. The van der Waals surface area contributed by atoms with Gasteiger partial charge in [-0.05, 0) is 54.7 Å². The highest BCUT2D eigenvalue weighted by atomic mass is 35.5. The molecule has 3 aromatic rings. The summed E-state index contributed by atoms with van der Waals surface area (Å²) in [5.41, 5.74) is 1.82. The van der Waals surface area contributed by atoms with E-state index in [2.05, 4.69) is 5.32 Å². The van der Waals surface area contributed by atoms with E-state index in [0.29, 0.717) is 17.9 Å². The number of nitrogens with one attached hydrogen (secondary N) is 1. The topological polar surface area (TPSA) is 86.8 Å². The minimum atomic E-state index is -3.66. The predicted molar refractivity (Wildman–Crippen MR) is 166 cm³/mol. The van der Waals surface area contributed by atoms with E-state index in [0.717, 1.165) is 36.8 Å². The molecule has 0 radical (unpaired) electrons. The lowest BCUT2D eigenvalue weighted by molar-refractivity contribution is -0.141. The van der Waals surface area contributed by atoms with Crippen molar-refractivity contribution in [2.24, 2.45) is 0 Å². The molecule has 2 amide bonds. The molecule has 3 aromatic carbocycles. The first-order valence-electron chi connectivity index (χ1n) is 14.6. The molecule has 42 heavy (non-hydrogen) atoms. The van der Waals surface area contributed by atoms with Gasteiger partial charge in [-0.1, -0.05) is 91.5 Å². The minimum Gasteiger partial charge on any atom is -0.352 e. The molecule has 1 N–H and O–H groups in total. The Kier molecular flexibility index (Phi) is 11.6. The number of benzene rings is 3. The molecule has 0 bridgehead atoms. The summed E-state index contributed by atoms with van der Waals surface area (Å²) in [5.74, 6) is -0.355. The van der Waals surface area contributed by atoms with Crippen molar-refractivity contribution < 1.29 is 18.0 Å². The van der Waals surface area contributed by atoms with Crippen LogP contribution >= 0.6 is 11.6 Å². The number of carbonyl (C=O) groups excluding carboxylic acids is 2. The normalized spacial score (nSPS) is 14.8. The van der Waals surface area contributed by atoms with Crippen molar-refractivity contribution in [3.63, 3.8) is 0 Å². The average molecular weight is 610 g/mol. The quantitative estimate of drug-likeness (QED) is 0.264. The van der Waals surface area contributed by atoms with Crippen molar-refractivity contribution in [3.05, 3.63) is 101 Å². The molecule has 1 aliphatic carbocycles. The lowest BCUT2D eigenvalue weighted by Crippen LogP contribution is -2.52. The van der Waals surface area contributed by atoms with Gasteiger partial charge in [0.15, 0.2) is 0 Å². The van der Waals surface area contributed by atoms with Gasteiger partial charge in [-0.25, -0.2) is 12.7 Å². The van der Waals surface area contributed by atoms with E-state index < -0.39 is 16.1 Å². The van der Waals surface area contributed by atoms with Crippen LogP contribution in [-0.2, 0) is 32.6 Å². The van der Waals surface area contributed by atoms with Gasteiger partial charge in [-0.3, -0.25) is 9.59 Å². The van der Waals surface area contributed by atoms with E-state index >= 15 is 0 Å². The zero-order valence-electron chi connectivity index (χ0n) is 24.1. The Labute approximate surface area is 254 Å². The SMILES string of the molecule is CN(CCCC(=O)N(Cc1ccc(Cl)cc1)C(Cc1ccccc1)C(=O)NC1CCCCC1)S(=O)(=O)c1ccccc1. The van der Waals surface area contributed by atoms with Gasteiger partial charge in [0.25, 0.3) is 0 Å². The van der Waals surface area contributed by atoms with Crippen LogP contribution in [-0.4, -0.2) is 55.1 Å². The summed E-state index contributed by atoms with van der Waals surface area (Å²) in [6.45, 7) is 0.416. The van der Waals surface area contributed by atoms with E-state index in [1.54, 1.807) is 47.4 Å². The van der Waals surface area contributed by atoms with Gasteiger partial charge < -0.3 is 10.2 Å². The number of hydrogen-bond acceptors (Lipinski definition) is 4. The van der Waals surface area contributed by atoms with Crippen LogP contribution in [0.3, 0.4) is 0 Å². The van der Waals surface area contributed by atoms with Gasteiger partial charge in [-0.2, -0.15) is 0 Å². The summed E-state index contributed by atoms with van der Waals surface area (Å²) in [7, 11) is -2.14. The Balaban J connectivity index is 1.54. The Bertz CT molecular complexity index is 1400. The van der Waals surface area contributed by atoms with Crippen LogP contribution in [0, 0.1) is 0 Å². The molecule has 0 saturated heterocycles. The van der Waals surface area contributed by atoms with Gasteiger partial charge in [0.2, 0.25) is 21.8 Å². The van der Waals surface area contributed by atoms with Crippen molar-refractivity contribution in [2.45, 2.75) is 74.9 Å². The van der Waals surface area contributed by atoms with Crippen LogP contribution in [0.1, 0.15) is 56.1 Å². The standard InChI is InChI=1S/C33H40ClN3O4S/c1-36(42(40,41)30-16-9-4-10-17-30)23-11-18-32(38)37(25-27-19-21-28(34)22-20-27)31(24-26-12-5-2-6-13-26)33(39)35-29-14-7-3-8-15-29/h2,4-6,9-10,12-13,16-17,19-22,29,31H,3,7-8,11,14-15,18,23-25H2,1H3,(H,35,39). The summed E-state index contributed by atoms with van der Waals surface area (Å²) in [4.78, 5) is 29.6. The molecule has 0 aliphatic heterocycles. The van der Waals surface area contributed by atoms with Crippen molar-refractivity contribution in [1.82, 2.24) is 14.5 Å². The van der Waals surface area contributed by atoms with E-state index in [1.165, 1.54) is 17.8 Å². The number of carbonyl (C=O) groups is 2. The fourth-order valence-electron chi connectivity index (χ4n) is 5.37. The molecule has 224 valence electrons. The third kappa shape index (κ3) is 8.90. The van der Waals surface area contributed by atoms with Crippen molar-refractivity contribution in [2.75, 3.05) is 13.6 Å². The predicted octanol–water partition coefficient (Wildman–Crippen LogP) is 5.83. The van der Waals surface area contributed by atoms with Crippen molar-refractivity contribution in [1.29, 1.82) is 0 Å². The zero-order valence-corrected chi connectivity index (χ0v) is 25.7. The Morgan fingerprint density at radius 3 is 2.14 bits per heavy atom. The first kappa shape index (κ1) is 31.7. The number of nitrogens with zero attached hydrogens (tertiary/aromatic N) is 2. The maximum Gasteiger partial charge on any atom is 0.243 e. The van der Waals surface area contributed by atoms with Gasteiger partial charge in [0.1, 0.15) is 6.04 Å². The molecular weight excluding hydrogens is 570 g/mol. The molecule has 0 heterocycles. The summed E-state index contributed by atoms with van der Waals surface area (Å²) in [5, 5.41) is 3.83. The summed E-state index contributed by atoms with van der Waals surface area (Å²) < 4.78 is 27.2. The van der Waals surface area contributed by atoms with E-state index in [-0.39, 0.29) is 42.3 Å². The second-order valence-corrected chi connectivity index (χ2v) is 13.4. The average Bonchev–Trinajstić information content (AvgIpc) is 3.01. The third-order valence-corrected chi connectivity index (χ3v) is 9.93. The molecule has 1 atom stereocenters. The monoisotopic (exact) mass is 609 g/mol. The van der Waals surface area contributed by atoms with Crippen LogP contribution in [0.4, 0.5) is 0 Å². The highest BCUT2D eigenvalue weighted by molar-refractivity contribution is 7.89.